The Morgan fingerprint density at radius 3 is 2.72 bits per heavy atom. The molecule has 0 bridgehead atoms. The van der Waals surface area contributed by atoms with E-state index in [9.17, 15) is 18.0 Å². The second-order valence-electron chi connectivity index (χ2n) is 5.14. The molecule has 0 saturated carbocycles. The second kappa shape index (κ2) is 6.75. The largest absolute Gasteiger partial charge is 0.408 e. The van der Waals surface area contributed by atoms with E-state index in [0.29, 0.717) is 16.1 Å². The van der Waals surface area contributed by atoms with E-state index in [4.69, 9.17) is 4.52 Å². The van der Waals surface area contributed by atoms with E-state index in [0.717, 1.165) is 11.8 Å². The third-order valence-corrected chi connectivity index (χ3v) is 3.16. The summed E-state index contributed by atoms with van der Waals surface area (Å²) >= 11 is 0. The van der Waals surface area contributed by atoms with Gasteiger partial charge >= 0.3 is 6.18 Å². The molecule has 10 heteroatoms. The quantitative estimate of drug-likeness (QED) is 0.763. The van der Waals surface area contributed by atoms with Crippen molar-refractivity contribution >= 4 is 5.91 Å². The number of benzene rings is 1. The van der Waals surface area contributed by atoms with Gasteiger partial charge in [0.15, 0.2) is 11.5 Å². The maximum absolute atomic E-state index is 12.3. The molecule has 0 fully saturated rings. The fourth-order valence-electron chi connectivity index (χ4n) is 2.06. The minimum atomic E-state index is -4.44. The lowest BCUT2D eigenvalue weighted by molar-refractivity contribution is -0.142. The van der Waals surface area contributed by atoms with Crippen LogP contribution in [0.5, 0.6) is 0 Å². The van der Waals surface area contributed by atoms with E-state index in [-0.39, 0.29) is 12.2 Å². The summed E-state index contributed by atoms with van der Waals surface area (Å²) in [6, 6.07) is 11.0. The predicted octanol–water partition coefficient (Wildman–Crippen LogP) is 2.43. The van der Waals surface area contributed by atoms with Crippen molar-refractivity contribution in [1.29, 1.82) is 0 Å². The number of nitrogens with zero attached hydrogens (tertiary/aromatic N) is 4. The number of rotatable bonds is 5. The van der Waals surface area contributed by atoms with Crippen LogP contribution in [0.2, 0.25) is 0 Å². The Labute approximate surface area is 139 Å². The van der Waals surface area contributed by atoms with Crippen molar-refractivity contribution in [3.05, 3.63) is 54.0 Å². The highest BCUT2D eigenvalue weighted by Crippen LogP contribution is 2.18. The molecule has 0 aliphatic rings. The van der Waals surface area contributed by atoms with Gasteiger partial charge in [0.25, 0.3) is 5.91 Å². The number of nitrogens with one attached hydrogen (secondary N) is 1. The van der Waals surface area contributed by atoms with Gasteiger partial charge in [-0.2, -0.15) is 13.2 Å². The molecule has 0 saturated heterocycles. The van der Waals surface area contributed by atoms with Crippen LogP contribution in [0, 0.1) is 0 Å². The second-order valence-corrected chi connectivity index (χ2v) is 5.14. The standard InChI is InChI=1S/C15H12F3N5O2/c16-15(17,18)9-23-8-13(20-22-23)14(24)19-7-11-6-12(21-25-11)10-4-2-1-3-5-10/h1-6,8H,7,9H2,(H,19,24). The van der Waals surface area contributed by atoms with Crippen LogP contribution in [0.1, 0.15) is 16.2 Å². The van der Waals surface area contributed by atoms with Crippen molar-refractivity contribution in [2.75, 3.05) is 0 Å². The SMILES string of the molecule is O=C(NCc1cc(-c2ccccc2)no1)c1cn(CC(F)(F)F)nn1. The van der Waals surface area contributed by atoms with Gasteiger partial charge in [-0.15, -0.1) is 5.10 Å². The third kappa shape index (κ3) is 4.43. The number of amides is 1. The summed E-state index contributed by atoms with van der Waals surface area (Å²) < 4.78 is 42.4. The number of hydrogen-bond acceptors (Lipinski definition) is 5. The maximum atomic E-state index is 12.3. The van der Waals surface area contributed by atoms with Crippen LogP contribution in [-0.2, 0) is 13.1 Å². The van der Waals surface area contributed by atoms with Crippen molar-refractivity contribution in [3.63, 3.8) is 0 Å². The monoisotopic (exact) mass is 351 g/mol. The number of hydrogen-bond donors (Lipinski definition) is 1. The van der Waals surface area contributed by atoms with Gasteiger partial charge < -0.3 is 9.84 Å². The molecule has 0 aliphatic heterocycles. The first-order valence-corrected chi connectivity index (χ1v) is 7.17. The molecule has 2 heterocycles. The summed E-state index contributed by atoms with van der Waals surface area (Å²) in [6.07, 6.45) is -3.51. The molecular weight excluding hydrogens is 339 g/mol. The van der Waals surface area contributed by atoms with E-state index >= 15 is 0 Å². The zero-order chi connectivity index (χ0) is 17.9. The molecule has 1 amide bonds. The zero-order valence-electron chi connectivity index (χ0n) is 12.7. The van der Waals surface area contributed by atoms with E-state index in [2.05, 4.69) is 20.8 Å². The van der Waals surface area contributed by atoms with E-state index in [1.54, 1.807) is 6.07 Å². The lowest BCUT2D eigenvalue weighted by atomic mass is 10.1. The van der Waals surface area contributed by atoms with Crippen LogP contribution in [0.15, 0.2) is 47.1 Å². The third-order valence-electron chi connectivity index (χ3n) is 3.16. The molecule has 0 spiro atoms. The van der Waals surface area contributed by atoms with E-state index < -0.39 is 18.6 Å². The van der Waals surface area contributed by atoms with E-state index in [1.807, 2.05) is 30.3 Å². The lowest BCUT2D eigenvalue weighted by Gasteiger charge is -2.03. The maximum Gasteiger partial charge on any atom is 0.408 e. The van der Waals surface area contributed by atoms with Gasteiger partial charge in [0.1, 0.15) is 12.2 Å². The molecule has 2 aromatic heterocycles. The molecule has 7 nitrogen and oxygen atoms in total. The molecule has 1 N–H and O–H groups in total. The van der Waals surface area contributed by atoms with Gasteiger partial charge in [-0.3, -0.25) is 4.79 Å². The zero-order valence-corrected chi connectivity index (χ0v) is 12.7. The van der Waals surface area contributed by atoms with Crippen molar-refractivity contribution < 1.29 is 22.5 Å². The van der Waals surface area contributed by atoms with Crippen molar-refractivity contribution in [1.82, 2.24) is 25.5 Å². The number of halogens is 3. The number of aromatic nitrogens is 4. The Morgan fingerprint density at radius 2 is 2.00 bits per heavy atom. The molecule has 0 unspecified atom stereocenters. The summed E-state index contributed by atoms with van der Waals surface area (Å²) in [7, 11) is 0. The Bertz CT molecular complexity index is 857. The smallest absolute Gasteiger partial charge is 0.359 e. The highest BCUT2D eigenvalue weighted by atomic mass is 19.4. The Morgan fingerprint density at radius 1 is 1.24 bits per heavy atom. The first-order chi connectivity index (χ1) is 11.9. The highest BCUT2D eigenvalue weighted by molar-refractivity contribution is 5.91. The predicted molar refractivity (Wildman–Crippen MR) is 79.2 cm³/mol. The summed E-state index contributed by atoms with van der Waals surface area (Å²) in [5, 5.41) is 13.1. The van der Waals surface area contributed by atoms with Crippen LogP contribution in [0.3, 0.4) is 0 Å². The first-order valence-electron chi connectivity index (χ1n) is 7.17. The molecule has 130 valence electrons. The van der Waals surface area contributed by atoms with Crippen LogP contribution < -0.4 is 5.32 Å². The molecule has 0 aliphatic carbocycles. The number of alkyl halides is 3. The molecule has 0 atom stereocenters. The van der Waals surface area contributed by atoms with Gasteiger partial charge in [-0.05, 0) is 0 Å². The van der Waals surface area contributed by atoms with Crippen LogP contribution in [0.4, 0.5) is 13.2 Å². The molecular formula is C15H12F3N5O2. The van der Waals surface area contributed by atoms with Crippen LogP contribution in [-0.4, -0.2) is 32.2 Å². The topological polar surface area (TPSA) is 85.8 Å². The summed E-state index contributed by atoms with van der Waals surface area (Å²) in [4.78, 5) is 11.9. The molecule has 25 heavy (non-hydrogen) atoms. The molecule has 1 aromatic carbocycles. The van der Waals surface area contributed by atoms with Gasteiger partial charge in [0.05, 0.1) is 12.7 Å². The van der Waals surface area contributed by atoms with Crippen molar-refractivity contribution in [2.45, 2.75) is 19.3 Å². The molecule has 3 rings (SSSR count). The fraction of sp³-hybridized carbons (Fsp3) is 0.200. The fourth-order valence-corrected chi connectivity index (χ4v) is 2.06. The Hall–Kier alpha value is -3.17. The van der Waals surface area contributed by atoms with Gasteiger partial charge in [-0.25, -0.2) is 4.68 Å². The Kier molecular flexibility index (Phi) is 4.50. The molecule has 3 aromatic rings. The summed E-state index contributed by atoms with van der Waals surface area (Å²) in [5.41, 5.74) is 1.26. The van der Waals surface area contributed by atoms with E-state index in [1.165, 1.54) is 0 Å². The number of carbonyl (C=O) groups is 1. The van der Waals surface area contributed by atoms with Crippen LogP contribution in [0.25, 0.3) is 11.3 Å². The minimum Gasteiger partial charge on any atom is -0.359 e. The normalized spacial score (nSPS) is 11.5. The average Bonchev–Trinajstić information content (AvgIpc) is 3.21. The average molecular weight is 351 g/mol. The van der Waals surface area contributed by atoms with Gasteiger partial charge in [0.2, 0.25) is 0 Å². The Balaban J connectivity index is 1.59. The van der Waals surface area contributed by atoms with Crippen molar-refractivity contribution in [2.24, 2.45) is 0 Å². The highest BCUT2D eigenvalue weighted by Gasteiger charge is 2.29. The van der Waals surface area contributed by atoms with Gasteiger partial charge in [-0.1, -0.05) is 40.7 Å². The summed E-state index contributed by atoms with van der Waals surface area (Å²) in [5.74, 6) is -0.263. The summed E-state index contributed by atoms with van der Waals surface area (Å²) in [6.45, 7) is -1.29. The van der Waals surface area contributed by atoms with Crippen molar-refractivity contribution in [3.8, 4) is 11.3 Å². The van der Waals surface area contributed by atoms with Gasteiger partial charge in [0, 0.05) is 11.6 Å². The first kappa shape index (κ1) is 16.7. The minimum absolute atomic E-state index is 0.0186. The van der Waals surface area contributed by atoms with Crippen LogP contribution >= 0.6 is 0 Å². The molecule has 0 radical (unpaired) electrons. The number of carbonyl (C=O) groups excluding carboxylic acids is 1. The lowest BCUT2D eigenvalue weighted by Crippen LogP contribution is -2.23.